The van der Waals surface area contributed by atoms with Crippen molar-refractivity contribution in [2.75, 3.05) is 58.7 Å². The molecule has 9 heteroatoms. The highest BCUT2D eigenvalue weighted by molar-refractivity contribution is 7.92. The van der Waals surface area contributed by atoms with E-state index in [1.807, 2.05) is 11.3 Å². The predicted molar refractivity (Wildman–Crippen MR) is 115 cm³/mol. The summed E-state index contributed by atoms with van der Waals surface area (Å²) in [6.07, 6.45) is 0. The molecule has 0 aromatic carbocycles. The van der Waals surface area contributed by atoms with Crippen LogP contribution in [-0.2, 0) is 14.6 Å². The average Bonchev–Trinajstić information content (AvgIpc) is 3.08. The SMILES string of the molecule is CN=C(NCC(c1ccc(C)s1)N1CCOCC1)N1CCS(=O)(=O)C(C)(C)C1. The molecule has 2 aliphatic rings. The van der Waals surface area contributed by atoms with Crippen LogP contribution in [0.4, 0.5) is 0 Å². The summed E-state index contributed by atoms with van der Waals surface area (Å²) in [7, 11) is -1.31. The molecule has 0 saturated carbocycles. The van der Waals surface area contributed by atoms with E-state index in [1.54, 1.807) is 20.9 Å². The number of guanidine groups is 1. The number of aryl methyl sites for hydroxylation is 1. The largest absolute Gasteiger partial charge is 0.379 e. The second kappa shape index (κ2) is 8.69. The normalized spacial score (nSPS) is 24.1. The molecule has 2 saturated heterocycles. The standard InChI is InChI=1S/C19H32N4O3S2/c1-15-5-6-17(27-15)16(22-7-10-26-11-8-22)13-21-18(20-4)23-9-12-28(24,25)19(2,3)14-23/h5-6,16H,7-14H2,1-4H3,(H,20,21). The van der Waals surface area contributed by atoms with Gasteiger partial charge in [-0.2, -0.15) is 0 Å². The van der Waals surface area contributed by atoms with E-state index in [9.17, 15) is 8.42 Å². The third-order valence-corrected chi connectivity index (χ3v) is 9.22. The molecule has 0 aliphatic carbocycles. The molecule has 3 heterocycles. The van der Waals surface area contributed by atoms with E-state index in [0.29, 0.717) is 13.1 Å². The van der Waals surface area contributed by atoms with Gasteiger partial charge in [0.2, 0.25) is 0 Å². The van der Waals surface area contributed by atoms with Crippen molar-refractivity contribution in [3.63, 3.8) is 0 Å². The summed E-state index contributed by atoms with van der Waals surface area (Å²) in [6, 6.07) is 4.63. The first kappa shape index (κ1) is 21.5. The van der Waals surface area contributed by atoms with Crippen LogP contribution in [0.5, 0.6) is 0 Å². The zero-order valence-corrected chi connectivity index (χ0v) is 18.9. The number of nitrogens with zero attached hydrogens (tertiary/aromatic N) is 3. The molecule has 0 amide bonds. The van der Waals surface area contributed by atoms with Gasteiger partial charge in [-0.15, -0.1) is 11.3 Å². The summed E-state index contributed by atoms with van der Waals surface area (Å²) < 4.78 is 29.4. The Morgan fingerprint density at radius 3 is 2.61 bits per heavy atom. The molecule has 1 unspecified atom stereocenters. The van der Waals surface area contributed by atoms with Crippen molar-refractivity contribution in [3.8, 4) is 0 Å². The van der Waals surface area contributed by atoms with Gasteiger partial charge in [0.25, 0.3) is 0 Å². The molecule has 1 N–H and O–H groups in total. The lowest BCUT2D eigenvalue weighted by molar-refractivity contribution is 0.0176. The van der Waals surface area contributed by atoms with Crippen molar-refractivity contribution in [1.82, 2.24) is 15.1 Å². The molecular formula is C19H32N4O3S2. The first-order valence-corrected chi connectivity index (χ1v) is 12.3. The molecule has 0 bridgehead atoms. The molecule has 1 atom stereocenters. The number of rotatable bonds is 4. The van der Waals surface area contributed by atoms with Crippen LogP contribution in [0.3, 0.4) is 0 Å². The minimum Gasteiger partial charge on any atom is -0.379 e. The summed E-state index contributed by atoms with van der Waals surface area (Å²) in [5.41, 5.74) is 0. The average molecular weight is 429 g/mol. The molecular weight excluding hydrogens is 396 g/mol. The molecule has 158 valence electrons. The fourth-order valence-electron chi connectivity index (χ4n) is 3.78. The van der Waals surface area contributed by atoms with Crippen molar-refractivity contribution in [1.29, 1.82) is 0 Å². The minimum absolute atomic E-state index is 0.164. The maximum atomic E-state index is 12.3. The van der Waals surface area contributed by atoms with E-state index in [1.165, 1.54) is 9.75 Å². The van der Waals surface area contributed by atoms with Gasteiger partial charge in [0.05, 0.1) is 29.8 Å². The number of aliphatic imine (C=N–C) groups is 1. The van der Waals surface area contributed by atoms with Crippen molar-refractivity contribution in [3.05, 3.63) is 21.9 Å². The quantitative estimate of drug-likeness (QED) is 0.579. The zero-order valence-electron chi connectivity index (χ0n) is 17.3. The van der Waals surface area contributed by atoms with Crippen LogP contribution in [0.2, 0.25) is 0 Å². The fourth-order valence-corrected chi connectivity index (χ4v) is 6.15. The van der Waals surface area contributed by atoms with E-state index < -0.39 is 14.6 Å². The second-order valence-electron chi connectivity index (χ2n) is 8.04. The van der Waals surface area contributed by atoms with Crippen molar-refractivity contribution >= 4 is 27.1 Å². The first-order chi connectivity index (χ1) is 13.2. The summed E-state index contributed by atoms with van der Waals surface area (Å²) in [4.78, 5) is 11.6. The Morgan fingerprint density at radius 2 is 2.04 bits per heavy atom. The Balaban J connectivity index is 1.71. The van der Waals surface area contributed by atoms with Crippen LogP contribution in [0.15, 0.2) is 17.1 Å². The van der Waals surface area contributed by atoms with E-state index in [4.69, 9.17) is 4.74 Å². The molecule has 0 spiro atoms. The van der Waals surface area contributed by atoms with Crippen LogP contribution in [-0.4, -0.2) is 87.7 Å². The lowest BCUT2D eigenvalue weighted by atomic mass is 10.1. The van der Waals surface area contributed by atoms with E-state index in [0.717, 1.165) is 38.8 Å². The van der Waals surface area contributed by atoms with Gasteiger partial charge in [0.1, 0.15) is 0 Å². The van der Waals surface area contributed by atoms with Crippen LogP contribution in [0, 0.1) is 6.92 Å². The highest BCUT2D eigenvalue weighted by Gasteiger charge is 2.41. The summed E-state index contributed by atoms with van der Waals surface area (Å²) >= 11 is 1.83. The molecule has 28 heavy (non-hydrogen) atoms. The first-order valence-electron chi connectivity index (χ1n) is 9.79. The van der Waals surface area contributed by atoms with Gasteiger partial charge >= 0.3 is 0 Å². The zero-order chi connectivity index (χ0) is 20.4. The molecule has 2 aliphatic heterocycles. The molecule has 0 radical (unpaired) electrons. The van der Waals surface area contributed by atoms with E-state index >= 15 is 0 Å². The molecule has 1 aromatic heterocycles. The van der Waals surface area contributed by atoms with Gasteiger partial charge in [-0.05, 0) is 32.9 Å². The Labute approximate surface area is 172 Å². The Morgan fingerprint density at radius 1 is 1.32 bits per heavy atom. The monoisotopic (exact) mass is 428 g/mol. The molecule has 3 rings (SSSR count). The summed E-state index contributed by atoms with van der Waals surface area (Å²) in [5.74, 6) is 0.937. The van der Waals surface area contributed by atoms with Gasteiger partial charge in [0.15, 0.2) is 15.8 Å². The number of thiophene rings is 1. The predicted octanol–water partition coefficient (Wildman–Crippen LogP) is 1.51. The van der Waals surface area contributed by atoms with Gasteiger partial charge < -0.3 is 15.0 Å². The fraction of sp³-hybridized carbons (Fsp3) is 0.737. The van der Waals surface area contributed by atoms with Crippen molar-refractivity contribution < 1.29 is 13.2 Å². The number of ether oxygens (including phenoxy) is 1. The third kappa shape index (κ3) is 4.69. The summed E-state index contributed by atoms with van der Waals surface area (Å²) in [6.45, 7) is 10.7. The lowest BCUT2D eigenvalue weighted by Gasteiger charge is -2.40. The van der Waals surface area contributed by atoms with Gasteiger partial charge in [-0.3, -0.25) is 9.89 Å². The highest BCUT2D eigenvalue weighted by atomic mass is 32.2. The van der Waals surface area contributed by atoms with Gasteiger partial charge in [-0.1, -0.05) is 0 Å². The van der Waals surface area contributed by atoms with E-state index in [-0.39, 0.29) is 11.8 Å². The number of hydrogen-bond donors (Lipinski definition) is 1. The van der Waals surface area contributed by atoms with Crippen LogP contribution < -0.4 is 5.32 Å². The molecule has 2 fully saturated rings. The number of morpholine rings is 1. The maximum Gasteiger partial charge on any atom is 0.193 e. The third-order valence-electron chi connectivity index (χ3n) is 5.58. The molecule has 1 aromatic rings. The van der Waals surface area contributed by atoms with Crippen LogP contribution in [0.25, 0.3) is 0 Å². The lowest BCUT2D eigenvalue weighted by Crippen LogP contribution is -2.57. The van der Waals surface area contributed by atoms with Gasteiger partial charge in [-0.25, -0.2) is 8.42 Å². The topological polar surface area (TPSA) is 74.2 Å². The maximum absolute atomic E-state index is 12.3. The highest BCUT2D eigenvalue weighted by Crippen LogP contribution is 2.28. The van der Waals surface area contributed by atoms with Crippen LogP contribution in [0.1, 0.15) is 29.6 Å². The second-order valence-corrected chi connectivity index (χ2v) is 12.1. The number of nitrogens with one attached hydrogen (secondary N) is 1. The Kier molecular flexibility index (Phi) is 6.69. The Bertz CT molecular complexity index is 798. The van der Waals surface area contributed by atoms with Crippen LogP contribution >= 0.6 is 11.3 Å². The number of hydrogen-bond acceptors (Lipinski definition) is 6. The van der Waals surface area contributed by atoms with E-state index in [2.05, 4.69) is 39.2 Å². The van der Waals surface area contributed by atoms with Gasteiger partial charge in [0, 0.05) is 49.5 Å². The summed E-state index contributed by atoms with van der Waals surface area (Å²) in [5, 5.41) is 3.51. The molecule has 7 nitrogen and oxygen atoms in total. The minimum atomic E-state index is -3.07. The smallest absolute Gasteiger partial charge is 0.193 e. The van der Waals surface area contributed by atoms with Crippen molar-refractivity contribution in [2.45, 2.75) is 31.6 Å². The van der Waals surface area contributed by atoms with Crippen molar-refractivity contribution in [2.24, 2.45) is 4.99 Å². The number of sulfone groups is 1. The Hall–Kier alpha value is -1.16.